The van der Waals surface area contributed by atoms with Gasteiger partial charge in [0.15, 0.2) is 23.3 Å². The topological polar surface area (TPSA) is 147 Å². The van der Waals surface area contributed by atoms with Crippen LogP contribution in [0.15, 0.2) is 163 Å². The summed E-state index contributed by atoms with van der Waals surface area (Å²) in [7, 11) is -4.18. The van der Waals surface area contributed by atoms with Crippen LogP contribution in [0.25, 0.3) is 21.5 Å². The fourth-order valence-electron chi connectivity index (χ4n) is 13.5. The molecule has 16 heteroatoms. The molecule has 6 aromatic carbocycles. The van der Waals surface area contributed by atoms with Crippen molar-refractivity contribution in [1.29, 1.82) is 0 Å². The minimum absolute atomic E-state index is 0.136. The molecule has 12 rings (SSSR count). The van der Waals surface area contributed by atoms with Gasteiger partial charge in [-0.1, -0.05) is 196 Å². The van der Waals surface area contributed by atoms with Gasteiger partial charge < -0.3 is 29.6 Å². The van der Waals surface area contributed by atoms with Crippen LogP contribution in [-0.4, -0.2) is 69.8 Å². The van der Waals surface area contributed by atoms with Crippen LogP contribution in [0.1, 0.15) is 133 Å². The largest absolute Gasteiger partial charge is 0.815 e. The Labute approximate surface area is 522 Å². The quantitative estimate of drug-likeness (QED) is 0.0548. The summed E-state index contributed by atoms with van der Waals surface area (Å²) < 4.78 is 58.8. The van der Waals surface area contributed by atoms with Crippen molar-refractivity contribution in [1.82, 2.24) is 7.10 Å². The van der Waals surface area contributed by atoms with Gasteiger partial charge in [-0.2, -0.15) is 0 Å². The zero-order valence-electron chi connectivity index (χ0n) is 53.7. The van der Waals surface area contributed by atoms with Gasteiger partial charge >= 0.3 is 14.9 Å². The highest BCUT2D eigenvalue weighted by Gasteiger charge is 2.49. The Morgan fingerprint density at radius 3 is 1.20 bits per heavy atom. The normalized spacial score (nSPS) is 14.5. The number of hydrogen-bond acceptors (Lipinski definition) is 12. The van der Waals surface area contributed by atoms with Crippen LogP contribution in [0.3, 0.4) is 0 Å². The first-order chi connectivity index (χ1) is 42.1. The predicted molar refractivity (Wildman–Crippen MR) is 358 cm³/mol. The summed E-state index contributed by atoms with van der Waals surface area (Å²) in [5.41, 5.74) is 3.78. The third-order valence-electron chi connectivity index (χ3n) is 17.3. The van der Waals surface area contributed by atoms with Gasteiger partial charge in [0.05, 0.1) is 21.9 Å². The van der Waals surface area contributed by atoms with E-state index in [4.69, 9.17) is 52.5 Å². The molecule has 4 aliphatic heterocycles. The molecule has 0 aliphatic carbocycles. The number of benzene rings is 6. The van der Waals surface area contributed by atoms with E-state index in [2.05, 4.69) is 130 Å². The maximum absolute atomic E-state index is 17.4. The lowest BCUT2D eigenvalue weighted by Crippen LogP contribution is -2.49. The van der Waals surface area contributed by atoms with Crippen LogP contribution in [-0.2, 0) is 8.14 Å². The van der Waals surface area contributed by atoms with Crippen LogP contribution < -0.4 is 40.5 Å². The maximum Gasteiger partial charge on any atom is 0.815 e. The molecule has 6 heterocycles. The fourth-order valence-corrected chi connectivity index (χ4v) is 19.6. The van der Waals surface area contributed by atoms with Crippen molar-refractivity contribution in [2.75, 3.05) is 0 Å². The summed E-state index contributed by atoms with van der Waals surface area (Å²) >= 11 is -3.93. The summed E-state index contributed by atoms with van der Waals surface area (Å²) in [4.78, 5) is 34.5. The number of amidine groups is 4. The van der Waals surface area contributed by atoms with Gasteiger partial charge in [-0.15, -0.1) is 0 Å². The van der Waals surface area contributed by atoms with E-state index in [0.717, 1.165) is 11.1 Å². The smallest absolute Gasteiger partial charge is 0.489 e. The molecule has 0 saturated carbocycles. The number of aromatic nitrogens is 2. The molecular weight excluding hydrogens is 1130 g/mol. The van der Waals surface area contributed by atoms with Gasteiger partial charge in [0.1, 0.15) is 70.0 Å². The summed E-state index contributed by atoms with van der Waals surface area (Å²) in [6, 6.07) is 43.4. The van der Waals surface area contributed by atoms with Gasteiger partial charge in [-0.25, -0.2) is 30.0 Å². The van der Waals surface area contributed by atoms with Crippen molar-refractivity contribution >= 4 is 89.4 Å². The Morgan fingerprint density at radius 2 is 0.727 bits per heavy atom. The highest BCUT2D eigenvalue weighted by molar-refractivity contribution is 7.75. The zero-order chi connectivity index (χ0) is 62.2. The molecule has 0 fully saturated rings. The highest BCUT2D eigenvalue weighted by Crippen LogP contribution is 2.51. The van der Waals surface area contributed by atoms with Crippen molar-refractivity contribution in [3.63, 3.8) is 0 Å². The lowest BCUT2D eigenvalue weighted by molar-refractivity contribution is 0.105. The molecule has 0 unspecified atom stereocenters. The summed E-state index contributed by atoms with van der Waals surface area (Å²) in [6.07, 6.45) is -0.694. The molecule has 0 radical (unpaired) electrons. The second-order valence-corrected chi connectivity index (χ2v) is 31.3. The van der Waals surface area contributed by atoms with E-state index in [9.17, 15) is 0 Å². The molecule has 14 nitrogen and oxygen atoms in total. The molecular formula is C72H82AlN8O6P. The van der Waals surface area contributed by atoms with Crippen LogP contribution in [0.5, 0.6) is 23.0 Å². The van der Waals surface area contributed by atoms with Crippen LogP contribution >= 0.6 is 7.37 Å². The van der Waals surface area contributed by atoms with Gasteiger partial charge in [0.25, 0.3) is 0 Å². The van der Waals surface area contributed by atoms with Gasteiger partial charge in [-0.05, 0) is 95.9 Å². The SMILES string of the molecule is CC(C)C(Oc1cccc2c1C1=NC2=Nc2c3c(OC(C(C)C)C(C)C)cccc3c3[n]2[Al]([O]P(=O)(c2ccccc2)c2ccccc2)[n]2c(c4cccc(OC(C(C)C)C(C)C)c4c2=NC2=NC(=N3)c3c(OC(C(C)C)C(C)C)cccc32)=N1)C(C)C. The highest BCUT2D eigenvalue weighted by atomic mass is 31.2. The lowest BCUT2D eigenvalue weighted by atomic mass is 9.96. The second-order valence-electron chi connectivity index (χ2n) is 26.7. The van der Waals surface area contributed by atoms with Crippen molar-refractivity contribution in [3.8, 4) is 23.0 Å². The molecule has 88 heavy (non-hydrogen) atoms. The molecule has 0 spiro atoms. The number of ether oxygens (including phenoxy) is 4. The van der Waals surface area contributed by atoms with E-state index >= 15 is 4.57 Å². The van der Waals surface area contributed by atoms with Crippen molar-refractivity contribution in [3.05, 3.63) is 167 Å². The number of hydrogen-bond donors (Lipinski definition) is 0. The minimum Gasteiger partial charge on any atom is -0.489 e. The molecule has 2 aromatic heterocycles. The standard InChI is InChI=1S/C60H72N8O4.C12H11O2P.Al/c1-29(2)49(30(3)4)69-41-25-17-21-37-45(41)57-61-53(37)66-58-47-39(23-19-27-43(47)71-51(33(9)10)34(11)12)55(63-58)68-60-48-40(24-20-28-44(48)72-52(35(13)14)36(15)16)56(64-60)67-59-46-38(54(62-59)65-57)22-18-26-42(46)70-50(31(5)6)32(7)8;13-15(14,11-7-3-1-4-8-11)12-9-5-2-6-10-12;/h17-36,49-52H,1-16H3;1-10H,(H,13,14);/q-2;;+3/p-1. The lowest BCUT2D eigenvalue weighted by Gasteiger charge is -2.27. The van der Waals surface area contributed by atoms with Crippen LogP contribution in [0.4, 0.5) is 11.6 Å². The van der Waals surface area contributed by atoms with E-state index < -0.39 is 22.3 Å². The molecule has 0 saturated heterocycles. The molecule has 454 valence electrons. The molecule has 0 atom stereocenters. The summed E-state index contributed by atoms with van der Waals surface area (Å²) in [6.45, 7) is 35.1. The monoisotopic (exact) mass is 1210 g/mol. The first-order valence-electron chi connectivity index (χ1n) is 31.6. The summed E-state index contributed by atoms with van der Waals surface area (Å²) in [5.74, 6) is 6.25. The first-order valence-corrected chi connectivity index (χ1v) is 34.7. The number of rotatable bonds is 20. The van der Waals surface area contributed by atoms with E-state index in [1.165, 1.54) is 0 Å². The molecule has 6 bridgehead atoms. The number of aliphatic imine (C=N–C) groups is 4. The first kappa shape index (κ1) is 60.9. The number of nitrogens with zero attached hydrogens (tertiary/aromatic N) is 8. The molecule has 0 amide bonds. The Hall–Kier alpha value is -7.40. The van der Waals surface area contributed by atoms with E-state index in [1.54, 1.807) is 0 Å². The van der Waals surface area contributed by atoms with Gasteiger partial charge in [0.2, 0.25) is 7.37 Å². The van der Waals surface area contributed by atoms with Gasteiger partial charge in [0, 0.05) is 32.5 Å². The average Bonchev–Trinajstić information content (AvgIpc) is 1.58. The third-order valence-corrected chi connectivity index (χ3v) is 23.1. The van der Waals surface area contributed by atoms with Crippen molar-refractivity contribution in [2.24, 2.45) is 77.3 Å². The summed E-state index contributed by atoms with van der Waals surface area (Å²) in [5, 5.41) is 3.79. The van der Waals surface area contributed by atoms with Crippen LogP contribution in [0.2, 0.25) is 0 Å². The molecule has 4 aliphatic rings. The third kappa shape index (κ3) is 10.8. The van der Waals surface area contributed by atoms with Crippen molar-refractivity contribution in [2.45, 2.75) is 135 Å². The number of fused-ring (bicyclic) bond motifs is 14. The van der Waals surface area contributed by atoms with E-state index in [1.807, 2.05) is 121 Å². The van der Waals surface area contributed by atoms with E-state index in [-0.39, 0.29) is 71.8 Å². The van der Waals surface area contributed by atoms with Crippen LogP contribution in [0, 0.1) is 47.3 Å². The maximum atomic E-state index is 17.4. The Balaban J connectivity index is 1.33. The van der Waals surface area contributed by atoms with Crippen molar-refractivity contribution < 1.29 is 27.1 Å². The predicted octanol–water partition coefficient (Wildman–Crippen LogP) is 15.1. The Bertz CT molecular complexity index is 4240. The Morgan fingerprint density at radius 1 is 0.352 bits per heavy atom. The van der Waals surface area contributed by atoms with E-state index in [0.29, 0.717) is 112 Å². The fraction of sp³-hybridized carbons (Fsp3) is 0.389. The zero-order valence-corrected chi connectivity index (χ0v) is 55.7. The Kier molecular flexibility index (Phi) is 16.7. The molecule has 8 aromatic rings. The minimum atomic E-state index is -4.18. The van der Waals surface area contributed by atoms with Gasteiger partial charge in [-0.3, -0.25) is 4.57 Å². The molecule has 0 N–H and O–H groups in total. The second kappa shape index (κ2) is 24.2. The average molecular weight is 1210 g/mol.